The first-order valence-corrected chi connectivity index (χ1v) is 5.59. The summed E-state index contributed by atoms with van der Waals surface area (Å²) in [7, 11) is 0. The van der Waals surface area contributed by atoms with E-state index in [2.05, 4.69) is 13.8 Å². The van der Waals surface area contributed by atoms with Gasteiger partial charge in [-0.05, 0) is 18.4 Å². The van der Waals surface area contributed by atoms with Crippen molar-refractivity contribution in [3.8, 4) is 5.75 Å². The molecule has 0 aliphatic carbocycles. The molecule has 2 heteroatoms. The molecule has 0 spiro atoms. The standard InChI is InChI=1S/C13H20O2/c1-3-6-11(2)10-15-13-8-5-4-7-12(13)9-14/h4-5,7-8,11,14H,3,6,9-10H2,1-2H3. The van der Waals surface area contributed by atoms with E-state index in [1.54, 1.807) is 0 Å². The van der Waals surface area contributed by atoms with Gasteiger partial charge >= 0.3 is 0 Å². The van der Waals surface area contributed by atoms with Crippen LogP contribution in [0.1, 0.15) is 32.3 Å². The van der Waals surface area contributed by atoms with Gasteiger partial charge in [-0.2, -0.15) is 0 Å². The van der Waals surface area contributed by atoms with E-state index in [4.69, 9.17) is 9.84 Å². The van der Waals surface area contributed by atoms with Gasteiger partial charge in [0.2, 0.25) is 0 Å². The van der Waals surface area contributed by atoms with Gasteiger partial charge in [0.15, 0.2) is 0 Å². The Morgan fingerprint density at radius 2 is 2.07 bits per heavy atom. The van der Waals surface area contributed by atoms with Crippen molar-refractivity contribution < 1.29 is 9.84 Å². The largest absolute Gasteiger partial charge is 0.493 e. The fraction of sp³-hybridized carbons (Fsp3) is 0.538. The molecule has 0 aliphatic rings. The molecular weight excluding hydrogens is 188 g/mol. The van der Waals surface area contributed by atoms with Gasteiger partial charge in [0.05, 0.1) is 13.2 Å². The maximum Gasteiger partial charge on any atom is 0.124 e. The number of ether oxygens (including phenoxy) is 1. The summed E-state index contributed by atoms with van der Waals surface area (Å²) >= 11 is 0. The van der Waals surface area contributed by atoms with Crippen molar-refractivity contribution in [3.05, 3.63) is 29.8 Å². The predicted octanol–water partition coefficient (Wildman–Crippen LogP) is 2.99. The fourth-order valence-corrected chi connectivity index (χ4v) is 1.58. The summed E-state index contributed by atoms with van der Waals surface area (Å²) in [6, 6.07) is 7.64. The van der Waals surface area contributed by atoms with Gasteiger partial charge in [0.1, 0.15) is 5.75 Å². The number of aliphatic hydroxyl groups is 1. The van der Waals surface area contributed by atoms with E-state index < -0.39 is 0 Å². The van der Waals surface area contributed by atoms with Crippen molar-refractivity contribution in [1.82, 2.24) is 0 Å². The second kappa shape index (κ2) is 6.46. The SMILES string of the molecule is CCCC(C)COc1ccccc1CO. The highest BCUT2D eigenvalue weighted by Gasteiger charge is 2.04. The third-order valence-electron chi connectivity index (χ3n) is 2.45. The molecule has 0 saturated carbocycles. The molecule has 0 aromatic heterocycles. The van der Waals surface area contributed by atoms with E-state index in [0.717, 1.165) is 17.9 Å². The molecule has 84 valence electrons. The summed E-state index contributed by atoms with van der Waals surface area (Å²) in [5.74, 6) is 1.38. The van der Waals surface area contributed by atoms with Crippen LogP contribution in [-0.4, -0.2) is 11.7 Å². The molecule has 0 amide bonds. The average molecular weight is 208 g/mol. The summed E-state index contributed by atoms with van der Waals surface area (Å²) in [5, 5.41) is 9.11. The van der Waals surface area contributed by atoms with Gasteiger partial charge in [-0.3, -0.25) is 0 Å². The highest BCUT2D eigenvalue weighted by Crippen LogP contribution is 2.19. The van der Waals surface area contributed by atoms with Crippen molar-refractivity contribution in [3.63, 3.8) is 0 Å². The number of hydrogen-bond donors (Lipinski definition) is 1. The van der Waals surface area contributed by atoms with Gasteiger partial charge < -0.3 is 9.84 Å². The van der Waals surface area contributed by atoms with Crippen LogP contribution in [0.15, 0.2) is 24.3 Å². The first-order chi connectivity index (χ1) is 7.27. The number of benzene rings is 1. The summed E-state index contributed by atoms with van der Waals surface area (Å²) in [4.78, 5) is 0. The van der Waals surface area contributed by atoms with Crippen LogP contribution in [0.4, 0.5) is 0 Å². The monoisotopic (exact) mass is 208 g/mol. The van der Waals surface area contributed by atoms with Crippen LogP contribution in [0.2, 0.25) is 0 Å². The lowest BCUT2D eigenvalue weighted by Gasteiger charge is -2.14. The molecule has 1 rings (SSSR count). The predicted molar refractivity (Wildman–Crippen MR) is 61.9 cm³/mol. The molecule has 2 nitrogen and oxygen atoms in total. The minimum absolute atomic E-state index is 0.0400. The minimum atomic E-state index is 0.0400. The van der Waals surface area contributed by atoms with Crippen LogP contribution in [0, 0.1) is 5.92 Å². The van der Waals surface area contributed by atoms with Crippen molar-refractivity contribution in [2.24, 2.45) is 5.92 Å². The van der Waals surface area contributed by atoms with E-state index in [9.17, 15) is 0 Å². The maximum atomic E-state index is 9.11. The zero-order valence-electron chi connectivity index (χ0n) is 9.57. The molecule has 0 fully saturated rings. The third-order valence-corrected chi connectivity index (χ3v) is 2.45. The number of rotatable bonds is 6. The zero-order chi connectivity index (χ0) is 11.1. The topological polar surface area (TPSA) is 29.5 Å². The van der Waals surface area contributed by atoms with Crippen LogP contribution in [0.25, 0.3) is 0 Å². The molecule has 1 unspecified atom stereocenters. The summed E-state index contributed by atoms with van der Waals surface area (Å²) in [6.07, 6.45) is 2.37. The number of para-hydroxylation sites is 1. The zero-order valence-corrected chi connectivity index (χ0v) is 9.57. The van der Waals surface area contributed by atoms with Crippen molar-refractivity contribution in [1.29, 1.82) is 0 Å². The first kappa shape index (κ1) is 12.1. The third kappa shape index (κ3) is 3.92. The molecule has 0 saturated heterocycles. The molecule has 1 aromatic rings. The van der Waals surface area contributed by atoms with Crippen LogP contribution < -0.4 is 4.74 Å². The van der Waals surface area contributed by atoms with E-state index >= 15 is 0 Å². The Bertz CT molecular complexity index is 284. The average Bonchev–Trinajstić information content (AvgIpc) is 2.27. The molecule has 0 bridgehead atoms. The van der Waals surface area contributed by atoms with E-state index in [1.807, 2.05) is 24.3 Å². The fourth-order valence-electron chi connectivity index (χ4n) is 1.58. The highest BCUT2D eigenvalue weighted by molar-refractivity contribution is 5.32. The minimum Gasteiger partial charge on any atom is -0.493 e. The number of hydrogen-bond acceptors (Lipinski definition) is 2. The van der Waals surface area contributed by atoms with E-state index in [0.29, 0.717) is 5.92 Å². The Morgan fingerprint density at radius 3 is 2.73 bits per heavy atom. The number of aliphatic hydroxyl groups excluding tert-OH is 1. The Kier molecular flexibility index (Phi) is 5.19. The smallest absolute Gasteiger partial charge is 0.124 e. The second-order valence-electron chi connectivity index (χ2n) is 3.97. The maximum absolute atomic E-state index is 9.11. The Balaban J connectivity index is 2.49. The van der Waals surface area contributed by atoms with Gasteiger partial charge in [0, 0.05) is 5.56 Å². The summed E-state index contributed by atoms with van der Waals surface area (Å²) in [5.41, 5.74) is 0.862. The van der Waals surface area contributed by atoms with Crippen LogP contribution in [0.3, 0.4) is 0 Å². The van der Waals surface area contributed by atoms with Crippen molar-refractivity contribution in [2.75, 3.05) is 6.61 Å². The molecule has 1 N–H and O–H groups in total. The Hall–Kier alpha value is -1.02. The Morgan fingerprint density at radius 1 is 1.33 bits per heavy atom. The van der Waals surface area contributed by atoms with Crippen molar-refractivity contribution in [2.45, 2.75) is 33.3 Å². The lowest BCUT2D eigenvalue weighted by atomic mass is 10.1. The van der Waals surface area contributed by atoms with Crippen molar-refractivity contribution >= 4 is 0 Å². The van der Waals surface area contributed by atoms with Crippen LogP contribution in [-0.2, 0) is 6.61 Å². The molecule has 1 aromatic carbocycles. The van der Waals surface area contributed by atoms with Crippen LogP contribution >= 0.6 is 0 Å². The second-order valence-corrected chi connectivity index (χ2v) is 3.97. The van der Waals surface area contributed by atoms with Crippen LogP contribution in [0.5, 0.6) is 5.75 Å². The van der Waals surface area contributed by atoms with Gasteiger partial charge in [-0.1, -0.05) is 38.5 Å². The molecule has 0 heterocycles. The summed E-state index contributed by atoms with van der Waals surface area (Å²) < 4.78 is 5.68. The molecule has 15 heavy (non-hydrogen) atoms. The van der Waals surface area contributed by atoms with E-state index in [1.165, 1.54) is 12.8 Å². The quantitative estimate of drug-likeness (QED) is 0.778. The molecular formula is C13H20O2. The molecule has 0 radical (unpaired) electrons. The Labute approximate surface area is 91.9 Å². The molecule has 1 atom stereocenters. The molecule has 0 aliphatic heterocycles. The summed E-state index contributed by atoms with van der Waals surface area (Å²) in [6.45, 7) is 5.13. The van der Waals surface area contributed by atoms with E-state index in [-0.39, 0.29) is 6.61 Å². The van der Waals surface area contributed by atoms with Gasteiger partial charge in [-0.15, -0.1) is 0 Å². The highest BCUT2D eigenvalue weighted by atomic mass is 16.5. The lowest BCUT2D eigenvalue weighted by Crippen LogP contribution is -2.09. The first-order valence-electron chi connectivity index (χ1n) is 5.59. The lowest BCUT2D eigenvalue weighted by molar-refractivity contribution is 0.234. The van der Waals surface area contributed by atoms with Gasteiger partial charge in [0.25, 0.3) is 0 Å². The normalized spacial score (nSPS) is 12.5. The van der Waals surface area contributed by atoms with Gasteiger partial charge in [-0.25, -0.2) is 0 Å².